The van der Waals surface area contributed by atoms with E-state index in [9.17, 15) is 4.79 Å². The van der Waals surface area contributed by atoms with Crippen molar-refractivity contribution in [1.82, 2.24) is 10.2 Å². The SMILES string of the molecule is CN(C(=O)c1coc2ccccc12)C1CCCNCC1. The molecule has 3 rings (SSSR count). The van der Waals surface area contributed by atoms with Crippen LogP contribution in [0.1, 0.15) is 29.6 Å². The molecule has 1 aromatic carbocycles. The quantitative estimate of drug-likeness (QED) is 0.914. The molecule has 0 spiro atoms. The number of rotatable bonds is 2. The fraction of sp³-hybridized carbons (Fsp3) is 0.438. The van der Waals surface area contributed by atoms with Crippen LogP contribution < -0.4 is 5.32 Å². The van der Waals surface area contributed by atoms with Gasteiger partial charge in [0.15, 0.2) is 0 Å². The molecule has 1 atom stereocenters. The van der Waals surface area contributed by atoms with Crippen LogP contribution in [0.5, 0.6) is 0 Å². The summed E-state index contributed by atoms with van der Waals surface area (Å²) in [4.78, 5) is 14.6. The molecule has 0 radical (unpaired) electrons. The number of furan rings is 1. The normalized spacial score (nSPS) is 19.8. The highest BCUT2D eigenvalue weighted by Crippen LogP contribution is 2.23. The summed E-state index contributed by atoms with van der Waals surface area (Å²) in [6.07, 6.45) is 4.77. The van der Waals surface area contributed by atoms with Gasteiger partial charge in [-0.2, -0.15) is 0 Å². The Hall–Kier alpha value is -1.81. The Balaban J connectivity index is 1.84. The van der Waals surface area contributed by atoms with E-state index < -0.39 is 0 Å². The summed E-state index contributed by atoms with van der Waals surface area (Å²) in [7, 11) is 1.90. The van der Waals surface area contributed by atoms with E-state index in [1.807, 2.05) is 36.2 Å². The van der Waals surface area contributed by atoms with Crippen LogP contribution in [0.3, 0.4) is 0 Å². The minimum Gasteiger partial charge on any atom is -0.463 e. The Labute approximate surface area is 118 Å². The molecule has 2 aromatic rings. The fourth-order valence-electron chi connectivity index (χ4n) is 2.89. The van der Waals surface area contributed by atoms with Crippen molar-refractivity contribution in [2.24, 2.45) is 0 Å². The van der Waals surface area contributed by atoms with Crippen LogP contribution in [0.15, 0.2) is 34.9 Å². The highest BCUT2D eigenvalue weighted by molar-refractivity contribution is 6.05. The molecule has 1 saturated heterocycles. The van der Waals surface area contributed by atoms with Crippen LogP contribution in [0.25, 0.3) is 11.0 Å². The van der Waals surface area contributed by atoms with Gasteiger partial charge in [0.25, 0.3) is 5.91 Å². The van der Waals surface area contributed by atoms with Crippen molar-refractivity contribution in [1.29, 1.82) is 0 Å². The monoisotopic (exact) mass is 272 g/mol. The molecule has 0 saturated carbocycles. The minimum atomic E-state index is 0.0573. The van der Waals surface area contributed by atoms with E-state index in [1.165, 1.54) is 0 Å². The summed E-state index contributed by atoms with van der Waals surface area (Å²) >= 11 is 0. The van der Waals surface area contributed by atoms with Gasteiger partial charge in [0.1, 0.15) is 11.8 Å². The van der Waals surface area contributed by atoms with Gasteiger partial charge in [0, 0.05) is 18.5 Å². The molecule has 2 heterocycles. The number of hydrogen-bond acceptors (Lipinski definition) is 3. The number of carbonyl (C=O) groups is 1. The smallest absolute Gasteiger partial charge is 0.257 e. The van der Waals surface area contributed by atoms with Crippen molar-refractivity contribution in [2.45, 2.75) is 25.3 Å². The van der Waals surface area contributed by atoms with Gasteiger partial charge >= 0.3 is 0 Å². The van der Waals surface area contributed by atoms with Gasteiger partial charge in [-0.1, -0.05) is 18.2 Å². The third-order valence-electron chi connectivity index (χ3n) is 4.12. The van der Waals surface area contributed by atoms with Gasteiger partial charge in [0.05, 0.1) is 5.56 Å². The van der Waals surface area contributed by atoms with E-state index in [0.717, 1.165) is 43.3 Å². The molecule has 0 aliphatic carbocycles. The minimum absolute atomic E-state index is 0.0573. The van der Waals surface area contributed by atoms with Gasteiger partial charge in [0.2, 0.25) is 0 Å². The number of para-hydroxylation sites is 1. The van der Waals surface area contributed by atoms with Gasteiger partial charge in [-0.25, -0.2) is 0 Å². The summed E-state index contributed by atoms with van der Waals surface area (Å²) in [5, 5.41) is 4.28. The van der Waals surface area contributed by atoms with Crippen LogP contribution in [-0.4, -0.2) is 37.0 Å². The number of nitrogens with zero attached hydrogens (tertiary/aromatic N) is 1. The van der Waals surface area contributed by atoms with Crippen molar-refractivity contribution < 1.29 is 9.21 Å². The lowest BCUT2D eigenvalue weighted by atomic mass is 10.1. The van der Waals surface area contributed by atoms with Crippen molar-refractivity contribution in [3.63, 3.8) is 0 Å². The molecule has 1 amide bonds. The Kier molecular flexibility index (Phi) is 3.74. The first kappa shape index (κ1) is 13.2. The molecule has 1 fully saturated rings. The zero-order valence-corrected chi connectivity index (χ0v) is 11.8. The lowest BCUT2D eigenvalue weighted by Crippen LogP contribution is -2.37. The van der Waals surface area contributed by atoms with E-state index in [0.29, 0.717) is 11.6 Å². The second kappa shape index (κ2) is 5.67. The maximum atomic E-state index is 12.7. The van der Waals surface area contributed by atoms with Gasteiger partial charge in [-0.3, -0.25) is 4.79 Å². The summed E-state index contributed by atoms with van der Waals surface area (Å²) in [6.45, 7) is 2.03. The number of amides is 1. The molecule has 1 aliphatic heterocycles. The predicted octanol–water partition coefficient (Wildman–Crippen LogP) is 2.65. The Morgan fingerprint density at radius 3 is 3.05 bits per heavy atom. The molecule has 106 valence electrons. The van der Waals surface area contributed by atoms with Crippen LogP contribution in [0.2, 0.25) is 0 Å². The first-order valence-electron chi connectivity index (χ1n) is 7.21. The van der Waals surface area contributed by atoms with E-state index >= 15 is 0 Å². The lowest BCUT2D eigenvalue weighted by Gasteiger charge is -2.26. The highest BCUT2D eigenvalue weighted by atomic mass is 16.3. The van der Waals surface area contributed by atoms with Crippen molar-refractivity contribution in [2.75, 3.05) is 20.1 Å². The van der Waals surface area contributed by atoms with Gasteiger partial charge < -0.3 is 14.6 Å². The van der Waals surface area contributed by atoms with Crippen molar-refractivity contribution >= 4 is 16.9 Å². The molecular weight excluding hydrogens is 252 g/mol. The van der Waals surface area contributed by atoms with E-state index in [-0.39, 0.29) is 5.91 Å². The summed E-state index contributed by atoms with van der Waals surface area (Å²) in [5.41, 5.74) is 1.44. The molecular formula is C16H20N2O2. The maximum Gasteiger partial charge on any atom is 0.257 e. The Morgan fingerprint density at radius 2 is 2.15 bits per heavy atom. The summed E-state index contributed by atoms with van der Waals surface area (Å²) in [6, 6.07) is 7.99. The molecule has 4 nitrogen and oxygen atoms in total. The predicted molar refractivity (Wildman–Crippen MR) is 78.8 cm³/mol. The lowest BCUT2D eigenvalue weighted by molar-refractivity contribution is 0.0721. The van der Waals surface area contributed by atoms with E-state index in [4.69, 9.17) is 4.42 Å². The topological polar surface area (TPSA) is 45.5 Å². The van der Waals surface area contributed by atoms with Crippen molar-refractivity contribution in [3.05, 3.63) is 36.1 Å². The highest BCUT2D eigenvalue weighted by Gasteiger charge is 2.24. The molecule has 1 aromatic heterocycles. The molecule has 4 heteroatoms. The van der Waals surface area contributed by atoms with Gasteiger partial charge in [-0.15, -0.1) is 0 Å². The van der Waals surface area contributed by atoms with Crippen LogP contribution >= 0.6 is 0 Å². The number of fused-ring (bicyclic) bond motifs is 1. The average molecular weight is 272 g/mol. The zero-order valence-electron chi connectivity index (χ0n) is 11.8. The zero-order chi connectivity index (χ0) is 13.9. The summed E-state index contributed by atoms with van der Waals surface area (Å²) < 4.78 is 5.47. The molecule has 1 aliphatic rings. The second-order valence-electron chi connectivity index (χ2n) is 5.40. The molecule has 20 heavy (non-hydrogen) atoms. The average Bonchev–Trinajstić information content (AvgIpc) is 2.72. The van der Waals surface area contributed by atoms with E-state index in [1.54, 1.807) is 6.26 Å². The second-order valence-corrected chi connectivity index (χ2v) is 5.40. The molecule has 1 N–H and O–H groups in total. The first-order chi connectivity index (χ1) is 9.77. The van der Waals surface area contributed by atoms with Crippen LogP contribution in [-0.2, 0) is 0 Å². The van der Waals surface area contributed by atoms with Crippen LogP contribution in [0, 0.1) is 0 Å². The van der Waals surface area contributed by atoms with Gasteiger partial charge in [-0.05, 0) is 38.4 Å². The number of nitrogens with one attached hydrogen (secondary N) is 1. The number of carbonyl (C=O) groups excluding carboxylic acids is 1. The Bertz CT molecular complexity index is 597. The third kappa shape index (κ3) is 2.43. The van der Waals surface area contributed by atoms with E-state index in [2.05, 4.69) is 5.32 Å². The van der Waals surface area contributed by atoms with Crippen molar-refractivity contribution in [3.8, 4) is 0 Å². The van der Waals surface area contributed by atoms with Crippen LogP contribution in [0.4, 0.5) is 0 Å². The Morgan fingerprint density at radius 1 is 1.30 bits per heavy atom. The summed E-state index contributed by atoms with van der Waals surface area (Å²) in [5.74, 6) is 0.0573. The number of hydrogen-bond donors (Lipinski definition) is 1. The first-order valence-corrected chi connectivity index (χ1v) is 7.21. The maximum absolute atomic E-state index is 12.7. The standard InChI is InChI=1S/C16H20N2O2/c1-18(12-5-4-9-17-10-8-12)16(19)14-11-20-15-7-3-2-6-13(14)15/h2-3,6-7,11-12,17H,4-5,8-10H2,1H3. The largest absolute Gasteiger partial charge is 0.463 e. The fourth-order valence-corrected chi connectivity index (χ4v) is 2.89. The number of benzene rings is 1. The molecule has 0 bridgehead atoms. The molecule has 1 unspecified atom stereocenters. The third-order valence-corrected chi connectivity index (χ3v) is 4.12.